The average Bonchev–Trinajstić information content (AvgIpc) is 3.34. The zero-order valence-electron chi connectivity index (χ0n) is 22.9. The summed E-state index contributed by atoms with van der Waals surface area (Å²) >= 11 is 0. The number of para-hydroxylation sites is 1. The zero-order chi connectivity index (χ0) is 28.8. The molecule has 8 nitrogen and oxygen atoms in total. The van der Waals surface area contributed by atoms with Crippen molar-refractivity contribution in [3.05, 3.63) is 65.5 Å². The van der Waals surface area contributed by atoms with Gasteiger partial charge in [-0.15, -0.1) is 0 Å². The van der Waals surface area contributed by atoms with E-state index >= 15 is 0 Å². The fourth-order valence-electron chi connectivity index (χ4n) is 5.30. The van der Waals surface area contributed by atoms with Gasteiger partial charge in [0, 0.05) is 49.8 Å². The minimum atomic E-state index is -3.47. The minimum absolute atomic E-state index is 0.134. The van der Waals surface area contributed by atoms with E-state index in [1.165, 1.54) is 6.26 Å². The molecule has 1 unspecified atom stereocenters. The Balaban J connectivity index is 1.69. The van der Waals surface area contributed by atoms with Crippen molar-refractivity contribution >= 4 is 43.7 Å². The van der Waals surface area contributed by atoms with Crippen LogP contribution in [0.4, 0.5) is 20.3 Å². The lowest BCUT2D eigenvalue weighted by molar-refractivity contribution is -0.0221. The van der Waals surface area contributed by atoms with Crippen LogP contribution in [0, 0.1) is 6.92 Å². The Labute approximate surface area is 231 Å². The molecule has 1 aliphatic rings. The third-order valence-corrected chi connectivity index (χ3v) is 8.41. The SMILES string of the molecule is CCOC(=O)c1cn2c(N3CCC(F)(F)CC3)cc3c(C(C)Nc4ccccc4S(C)(=O)=O)cc(C)cc3c2n1. The topological polar surface area (TPSA) is 93.0 Å². The van der Waals surface area contributed by atoms with Gasteiger partial charge in [-0.05, 0) is 56.0 Å². The molecule has 1 saturated heterocycles. The number of pyridine rings is 1. The number of fused-ring (bicyclic) bond motifs is 3. The van der Waals surface area contributed by atoms with Crippen LogP contribution in [0.1, 0.15) is 54.3 Å². The number of sulfone groups is 1. The summed E-state index contributed by atoms with van der Waals surface area (Å²) in [5.41, 5.74) is 2.96. The van der Waals surface area contributed by atoms with Gasteiger partial charge in [0.15, 0.2) is 15.5 Å². The number of rotatable bonds is 7. The summed E-state index contributed by atoms with van der Waals surface area (Å²) in [5.74, 6) is -2.63. The Kier molecular flexibility index (Phi) is 7.20. The molecule has 1 N–H and O–H groups in total. The summed E-state index contributed by atoms with van der Waals surface area (Å²) in [6.45, 7) is 6.10. The van der Waals surface area contributed by atoms with Crippen LogP contribution in [0.15, 0.2) is 53.6 Å². The molecule has 2 aromatic heterocycles. The third kappa shape index (κ3) is 5.34. The Morgan fingerprint density at radius 1 is 1.15 bits per heavy atom. The molecule has 4 aromatic rings. The number of nitrogens with zero attached hydrogens (tertiary/aromatic N) is 3. The van der Waals surface area contributed by atoms with E-state index in [-0.39, 0.29) is 49.2 Å². The first-order valence-electron chi connectivity index (χ1n) is 13.2. The number of carbonyl (C=O) groups excluding carboxylic acids is 1. The molecule has 0 bridgehead atoms. The van der Waals surface area contributed by atoms with Crippen LogP contribution in [0.25, 0.3) is 16.4 Å². The Bertz CT molecular complexity index is 1710. The van der Waals surface area contributed by atoms with E-state index in [0.29, 0.717) is 17.2 Å². The highest BCUT2D eigenvalue weighted by atomic mass is 32.2. The second kappa shape index (κ2) is 10.3. The molecule has 0 aliphatic carbocycles. The van der Waals surface area contributed by atoms with Gasteiger partial charge in [0.1, 0.15) is 11.5 Å². The number of imidazole rings is 1. The number of hydrogen-bond donors (Lipinski definition) is 1. The molecule has 1 fully saturated rings. The number of anilines is 2. The maximum Gasteiger partial charge on any atom is 0.358 e. The van der Waals surface area contributed by atoms with Crippen LogP contribution in [0.2, 0.25) is 0 Å². The predicted octanol–water partition coefficient (Wildman–Crippen LogP) is 5.78. The number of ether oxygens (including phenoxy) is 1. The summed E-state index contributed by atoms with van der Waals surface area (Å²) in [6, 6.07) is 12.3. The van der Waals surface area contributed by atoms with Crippen LogP contribution in [0.5, 0.6) is 0 Å². The van der Waals surface area contributed by atoms with Gasteiger partial charge in [0.25, 0.3) is 5.92 Å². The number of benzene rings is 2. The molecule has 212 valence electrons. The fourth-order valence-corrected chi connectivity index (χ4v) is 6.16. The normalized spacial score (nSPS) is 16.3. The van der Waals surface area contributed by atoms with E-state index < -0.39 is 21.7 Å². The maximum absolute atomic E-state index is 14.0. The summed E-state index contributed by atoms with van der Waals surface area (Å²) in [4.78, 5) is 19.3. The standard InChI is InChI=1S/C29H32F2N4O4S/c1-5-39-28(36)24-17-35-26(34-12-10-29(30,31)11-13-34)16-21-20(14-18(2)15-22(21)27(35)33-24)19(3)32-23-8-6-7-9-25(23)40(4,37)38/h6-9,14-17,19,32H,5,10-13H2,1-4H3. The number of aromatic nitrogens is 2. The molecule has 1 aliphatic heterocycles. The van der Waals surface area contributed by atoms with Crippen molar-refractivity contribution in [2.24, 2.45) is 0 Å². The minimum Gasteiger partial charge on any atom is -0.461 e. The Hall–Kier alpha value is -3.73. The molecule has 1 atom stereocenters. The predicted molar refractivity (Wildman–Crippen MR) is 151 cm³/mol. The van der Waals surface area contributed by atoms with Gasteiger partial charge in [-0.2, -0.15) is 0 Å². The number of piperidine rings is 1. The fraction of sp³-hybridized carbons (Fsp3) is 0.379. The number of alkyl halides is 2. The van der Waals surface area contributed by atoms with Gasteiger partial charge in [0.05, 0.1) is 17.2 Å². The quantitative estimate of drug-likeness (QED) is 0.282. The molecule has 11 heteroatoms. The van der Waals surface area contributed by atoms with E-state index in [1.807, 2.05) is 36.9 Å². The van der Waals surface area contributed by atoms with Crippen molar-refractivity contribution in [2.45, 2.75) is 50.5 Å². The number of hydrogen-bond acceptors (Lipinski definition) is 7. The molecular weight excluding hydrogens is 538 g/mol. The molecule has 3 heterocycles. The average molecular weight is 571 g/mol. The number of nitrogens with one attached hydrogen (secondary N) is 1. The van der Waals surface area contributed by atoms with Crippen LogP contribution in [0.3, 0.4) is 0 Å². The first kappa shape index (κ1) is 27.8. The zero-order valence-corrected chi connectivity index (χ0v) is 23.7. The summed E-state index contributed by atoms with van der Waals surface area (Å²) in [6.07, 6.45) is 2.23. The highest BCUT2D eigenvalue weighted by molar-refractivity contribution is 7.90. The van der Waals surface area contributed by atoms with Gasteiger partial charge >= 0.3 is 5.97 Å². The number of halogens is 2. The molecule has 2 aromatic carbocycles. The van der Waals surface area contributed by atoms with Gasteiger partial charge in [0.2, 0.25) is 0 Å². The van der Waals surface area contributed by atoms with Crippen molar-refractivity contribution in [3.63, 3.8) is 0 Å². The Morgan fingerprint density at radius 2 is 1.85 bits per heavy atom. The summed E-state index contributed by atoms with van der Waals surface area (Å²) < 4.78 is 59.8. The smallest absolute Gasteiger partial charge is 0.358 e. The first-order chi connectivity index (χ1) is 18.9. The largest absolute Gasteiger partial charge is 0.461 e. The van der Waals surface area contributed by atoms with Crippen LogP contribution < -0.4 is 10.2 Å². The molecule has 5 rings (SSSR count). The van der Waals surface area contributed by atoms with E-state index in [4.69, 9.17) is 4.74 Å². The molecule has 0 amide bonds. The number of esters is 1. The first-order valence-corrected chi connectivity index (χ1v) is 15.1. The van der Waals surface area contributed by atoms with E-state index in [2.05, 4.69) is 10.3 Å². The summed E-state index contributed by atoms with van der Waals surface area (Å²) in [7, 11) is -3.47. The van der Waals surface area contributed by atoms with Gasteiger partial charge in [-0.25, -0.2) is 27.0 Å². The van der Waals surface area contributed by atoms with Crippen molar-refractivity contribution in [1.82, 2.24) is 9.38 Å². The molecule has 0 radical (unpaired) electrons. The van der Waals surface area contributed by atoms with Crippen LogP contribution in [-0.4, -0.2) is 55.6 Å². The van der Waals surface area contributed by atoms with Crippen molar-refractivity contribution < 1.29 is 26.7 Å². The van der Waals surface area contributed by atoms with E-state index in [0.717, 1.165) is 21.9 Å². The second-order valence-electron chi connectivity index (χ2n) is 10.3. The molecular formula is C29H32F2N4O4S. The lowest BCUT2D eigenvalue weighted by atomic mass is 9.97. The van der Waals surface area contributed by atoms with Crippen molar-refractivity contribution in [3.8, 4) is 0 Å². The lowest BCUT2D eigenvalue weighted by Crippen LogP contribution is -2.40. The summed E-state index contributed by atoms with van der Waals surface area (Å²) in [5, 5.41) is 4.96. The molecule has 0 saturated carbocycles. The third-order valence-electron chi connectivity index (χ3n) is 7.25. The second-order valence-corrected chi connectivity index (χ2v) is 12.3. The van der Waals surface area contributed by atoms with Crippen molar-refractivity contribution in [1.29, 1.82) is 0 Å². The van der Waals surface area contributed by atoms with Gasteiger partial charge < -0.3 is 15.0 Å². The Morgan fingerprint density at radius 3 is 2.52 bits per heavy atom. The van der Waals surface area contributed by atoms with Crippen LogP contribution >= 0.6 is 0 Å². The maximum atomic E-state index is 14.0. The van der Waals surface area contributed by atoms with E-state index in [1.54, 1.807) is 41.8 Å². The van der Waals surface area contributed by atoms with Gasteiger partial charge in [-0.1, -0.05) is 23.8 Å². The number of aryl methyl sites for hydroxylation is 1. The molecule has 40 heavy (non-hydrogen) atoms. The van der Waals surface area contributed by atoms with E-state index in [9.17, 15) is 22.0 Å². The van der Waals surface area contributed by atoms with Crippen molar-refractivity contribution in [2.75, 3.05) is 36.2 Å². The molecule has 0 spiro atoms. The van der Waals surface area contributed by atoms with Crippen LogP contribution in [-0.2, 0) is 14.6 Å². The highest BCUT2D eigenvalue weighted by Crippen LogP contribution is 2.37. The number of carbonyl (C=O) groups is 1. The lowest BCUT2D eigenvalue weighted by Gasteiger charge is -2.34. The van der Waals surface area contributed by atoms with Gasteiger partial charge in [-0.3, -0.25) is 4.40 Å². The highest BCUT2D eigenvalue weighted by Gasteiger charge is 2.35. The monoisotopic (exact) mass is 570 g/mol.